The monoisotopic (exact) mass is 395 g/mol. The van der Waals surface area contributed by atoms with Crippen LogP contribution in [0.25, 0.3) is 0 Å². The lowest BCUT2D eigenvalue weighted by atomic mass is 10.0. The number of hydrogen-bond donors (Lipinski definition) is 1. The highest BCUT2D eigenvalue weighted by atomic mass is 127. The molecule has 110 valence electrons. The van der Waals surface area contributed by atoms with Gasteiger partial charge in [0.05, 0.1) is 0 Å². The SMILES string of the molecule is CC(C)c1cccc(OCC(=O)Nc2ccc(I)cc2)c1. The lowest BCUT2D eigenvalue weighted by Gasteiger charge is -2.10. The molecule has 2 aromatic carbocycles. The lowest BCUT2D eigenvalue weighted by molar-refractivity contribution is -0.118. The minimum absolute atomic E-state index is 0.00748. The molecule has 2 aromatic rings. The predicted molar refractivity (Wildman–Crippen MR) is 93.8 cm³/mol. The van der Waals surface area contributed by atoms with E-state index in [-0.39, 0.29) is 12.5 Å². The Morgan fingerprint density at radius 2 is 1.90 bits per heavy atom. The average Bonchev–Trinajstić information content (AvgIpc) is 2.48. The zero-order valence-corrected chi connectivity index (χ0v) is 14.3. The van der Waals surface area contributed by atoms with Crippen LogP contribution in [0.1, 0.15) is 25.3 Å². The third-order valence-corrected chi connectivity index (χ3v) is 3.74. The van der Waals surface area contributed by atoms with Gasteiger partial charge in [-0.3, -0.25) is 4.79 Å². The summed E-state index contributed by atoms with van der Waals surface area (Å²) < 4.78 is 6.67. The van der Waals surface area contributed by atoms with E-state index in [0.29, 0.717) is 5.92 Å². The maximum atomic E-state index is 11.9. The molecular weight excluding hydrogens is 377 g/mol. The highest BCUT2D eigenvalue weighted by Crippen LogP contribution is 2.20. The Morgan fingerprint density at radius 3 is 2.57 bits per heavy atom. The van der Waals surface area contributed by atoms with E-state index in [2.05, 4.69) is 47.8 Å². The van der Waals surface area contributed by atoms with Crippen molar-refractivity contribution in [3.63, 3.8) is 0 Å². The molecule has 2 rings (SSSR count). The molecule has 3 nitrogen and oxygen atoms in total. The molecule has 21 heavy (non-hydrogen) atoms. The zero-order valence-electron chi connectivity index (χ0n) is 12.1. The molecule has 0 bridgehead atoms. The number of nitrogens with one attached hydrogen (secondary N) is 1. The fourth-order valence-corrected chi connectivity index (χ4v) is 2.20. The molecule has 1 N–H and O–H groups in total. The van der Waals surface area contributed by atoms with Gasteiger partial charge >= 0.3 is 0 Å². The summed E-state index contributed by atoms with van der Waals surface area (Å²) in [6, 6.07) is 15.5. The molecule has 0 aliphatic carbocycles. The van der Waals surface area contributed by atoms with E-state index in [1.165, 1.54) is 5.56 Å². The molecule has 0 saturated heterocycles. The number of halogens is 1. The summed E-state index contributed by atoms with van der Waals surface area (Å²) in [5, 5.41) is 2.81. The highest BCUT2D eigenvalue weighted by molar-refractivity contribution is 14.1. The van der Waals surface area contributed by atoms with Gasteiger partial charge in [-0.15, -0.1) is 0 Å². The van der Waals surface area contributed by atoms with E-state index < -0.39 is 0 Å². The van der Waals surface area contributed by atoms with Crippen molar-refractivity contribution < 1.29 is 9.53 Å². The van der Waals surface area contributed by atoms with Gasteiger partial charge in [-0.05, 0) is 70.5 Å². The first kappa shape index (κ1) is 15.8. The molecule has 0 spiro atoms. The van der Waals surface area contributed by atoms with Gasteiger partial charge in [0.25, 0.3) is 5.91 Å². The second kappa shape index (κ2) is 7.45. The van der Waals surface area contributed by atoms with Crippen LogP contribution in [0.5, 0.6) is 5.75 Å². The second-order valence-corrected chi connectivity index (χ2v) is 6.32. The minimum Gasteiger partial charge on any atom is -0.484 e. The van der Waals surface area contributed by atoms with Gasteiger partial charge in [0, 0.05) is 9.26 Å². The molecule has 0 unspecified atom stereocenters. The summed E-state index contributed by atoms with van der Waals surface area (Å²) in [5.74, 6) is 0.999. The van der Waals surface area contributed by atoms with E-state index in [1.54, 1.807) is 0 Å². The number of hydrogen-bond acceptors (Lipinski definition) is 2. The Hall–Kier alpha value is -1.56. The minimum atomic E-state index is -0.161. The van der Waals surface area contributed by atoms with Crippen molar-refractivity contribution in [1.29, 1.82) is 0 Å². The van der Waals surface area contributed by atoms with Crippen molar-refractivity contribution in [1.82, 2.24) is 0 Å². The Morgan fingerprint density at radius 1 is 1.19 bits per heavy atom. The summed E-state index contributed by atoms with van der Waals surface area (Å²) in [7, 11) is 0. The topological polar surface area (TPSA) is 38.3 Å². The van der Waals surface area contributed by atoms with Gasteiger partial charge in [0.15, 0.2) is 6.61 Å². The third-order valence-electron chi connectivity index (χ3n) is 3.02. The molecule has 0 heterocycles. The summed E-state index contributed by atoms with van der Waals surface area (Å²) in [6.45, 7) is 4.26. The van der Waals surface area contributed by atoms with Crippen LogP contribution < -0.4 is 10.1 Å². The summed E-state index contributed by atoms with van der Waals surface area (Å²) >= 11 is 2.23. The Balaban J connectivity index is 1.89. The molecule has 0 atom stereocenters. The van der Waals surface area contributed by atoms with Gasteiger partial charge in [-0.25, -0.2) is 0 Å². The summed E-state index contributed by atoms with van der Waals surface area (Å²) in [4.78, 5) is 11.9. The maximum Gasteiger partial charge on any atom is 0.262 e. The van der Waals surface area contributed by atoms with E-state index >= 15 is 0 Å². The average molecular weight is 395 g/mol. The van der Waals surface area contributed by atoms with Crippen molar-refractivity contribution in [3.05, 3.63) is 57.7 Å². The Kier molecular flexibility index (Phi) is 5.61. The number of anilines is 1. The van der Waals surface area contributed by atoms with Crippen LogP contribution in [0.2, 0.25) is 0 Å². The van der Waals surface area contributed by atoms with Crippen LogP contribution >= 0.6 is 22.6 Å². The van der Waals surface area contributed by atoms with E-state index in [4.69, 9.17) is 4.74 Å². The number of amides is 1. The van der Waals surface area contributed by atoms with E-state index in [1.807, 2.05) is 42.5 Å². The van der Waals surface area contributed by atoms with E-state index in [0.717, 1.165) is 15.0 Å². The number of rotatable bonds is 5. The van der Waals surface area contributed by atoms with Crippen molar-refractivity contribution >= 4 is 34.2 Å². The Bertz CT molecular complexity index is 608. The molecule has 0 aliphatic heterocycles. The Labute approximate surface area is 138 Å². The standard InChI is InChI=1S/C17H18INO2/c1-12(2)13-4-3-5-16(10-13)21-11-17(20)19-15-8-6-14(18)7-9-15/h3-10,12H,11H2,1-2H3,(H,19,20). The molecule has 0 fully saturated rings. The van der Waals surface area contributed by atoms with Crippen LogP contribution in [-0.2, 0) is 4.79 Å². The fraction of sp³-hybridized carbons (Fsp3) is 0.235. The van der Waals surface area contributed by atoms with Crippen LogP contribution in [-0.4, -0.2) is 12.5 Å². The first-order chi connectivity index (χ1) is 10.0. The summed E-state index contributed by atoms with van der Waals surface area (Å²) in [6.07, 6.45) is 0. The zero-order chi connectivity index (χ0) is 15.2. The van der Waals surface area contributed by atoms with Gasteiger partial charge in [-0.2, -0.15) is 0 Å². The van der Waals surface area contributed by atoms with Crippen LogP contribution in [0.4, 0.5) is 5.69 Å². The predicted octanol–water partition coefficient (Wildman–Crippen LogP) is 4.43. The molecule has 4 heteroatoms. The van der Waals surface area contributed by atoms with Crippen molar-refractivity contribution in [2.45, 2.75) is 19.8 Å². The molecule has 0 aromatic heterocycles. The van der Waals surface area contributed by atoms with Gasteiger partial charge in [0.2, 0.25) is 0 Å². The van der Waals surface area contributed by atoms with Gasteiger partial charge in [-0.1, -0.05) is 26.0 Å². The highest BCUT2D eigenvalue weighted by Gasteiger charge is 2.05. The van der Waals surface area contributed by atoms with Crippen LogP contribution in [0.15, 0.2) is 48.5 Å². The van der Waals surface area contributed by atoms with Crippen molar-refractivity contribution in [3.8, 4) is 5.75 Å². The number of carbonyl (C=O) groups is 1. The largest absolute Gasteiger partial charge is 0.484 e. The molecular formula is C17H18INO2. The lowest BCUT2D eigenvalue weighted by Crippen LogP contribution is -2.20. The first-order valence-corrected chi connectivity index (χ1v) is 7.90. The van der Waals surface area contributed by atoms with Crippen molar-refractivity contribution in [2.75, 3.05) is 11.9 Å². The maximum absolute atomic E-state index is 11.9. The van der Waals surface area contributed by atoms with Crippen LogP contribution in [0.3, 0.4) is 0 Å². The second-order valence-electron chi connectivity index (χ2n) is 5.07. The number of benzene rings is 2. The summed E-state index contributed by atoms with van der Waals surface area (Å²) in [5.41, 5.74) is 1.98. The fourth-order valence-electron chi connectivity index (χ4n) is 1.84. The van der Waals surface area contributed by atoms with Crippen LogP contribution in [0, 0.1) is 3.57 Å². The quantitative estimate of drug-likeness (QED) is 0.761. The smallest absolute Gasteiger partial charge is 0.262 e. The molecule has 0 aliphatic rings. The van der Waals surface area contributed by atoms with Crippen molar-refractivity contribution in [2.24, 2.45) is 0 Å². The normalized spacial score (nSPS) is 10.5. The number of carbonyl (C=O) groups excluding carboxylic acids is 1. The van der Waals surface area contributed by atoms with E-state index in [9.17, 15) is 4.79 Å². The molecule has 0 saturated carbocycles. The first-order valence-electron chi connectivity index (χ1n) is 6.83. The van der Waals surface area contributed by atoms with Gasteiger partial charge < -0.3 is 10.1 Å². The number of ether oxygens (including phenoxy) is 1. The third kappa shape index (κ3) is 5.04. The van der Waals surface area contributed by atoms with Gasteiger partial charge in [0.1, 0.15) is 5.75 Å². The molecule has 1 amide bonds. The molecule has 0 radical (unpaired) electrons.